The lowest BCUT2D eigenvalue weighted by molar-refractivity contribution is 1.26. The molecule has 0 radical (unpaired) electrons. The van der Waals surface area contributed by atoms with E-state index in [9.17, 15) is 0 Å². The lowest BCUT2D eigenvalue weighted by atomic mass is 9.96. The molecular weight excluding hydrogens is 693 g/mol. The summed E-state index contributed by atoms with van der Waals surface area (Å²) in [5, 5.41) is 10.4. The molecule has 0 saturated carbocycles. The molecule has 9 aromatic carbocycles. The fourth-order valence-corrected chi connectivity index (χ4v) is 10.5. The molecule has 0 N–H and O–H groups in total. The summed E-state index contributed by atoms with van der Waals surface area (Å²) in [6.45, 7) is 0. The molecule has 2 nitrogen and oxygen atoms in total. The lowest BCUT2D eigenvalue weighted by Crippen LogP contribution is -2.12. The first kappa shape index (κ1) is 31.1. The SMILES string of the molecule is c1ccc(N(c2ccc(N(c3ccccc3)c3ccc4c(c3)c3ccccc3c3c5ccccc5sc43)cc2)c2ccc3sc4ccccc4c3c2)cc1. The van der Waals surface area contributed by atoms with Crippen LogP contribution in [0.25, 0.3) is 61.9 Å². The predicted molar refractivity (Wildman–Crippen MR) is 237 cm³/mol. The van der Waals surface area contributed by atoms with Crippen LogP contribution in [0.3, 0.4) is 0 Å². The number of nitrogens with zero attached hydrogens (tertiary/aromatic N) is 2. The highest BCUT2D eigenvalue weighted by molar-refractivity contribution is 7.27. The molecular formula is C50H32N2S2. The van der Waals surface area contributed by atoms with E-state index < -0.39 is 0 Å². The molecule has 0 aliphatic heterocycles. The van der Waals surface area contributed by atoms with Crippen molar-refractivity contribution in [1.29, 1.82) is 0 Å². The fraction of sp³-hybridized carbons (Fsp3) is 0. The summed E-state index contributed by atoms with van der Waals surface area (Å²) in [5.74, 6) is 0. The topological polar surface area (TPSA) is 6.48 Å². The monoisotopic (exact) mass is 724 g/mol. The standard InChI is InChI=1S/C50H32N2S2/c1-3-13-33(14-4-1)51(37-27-29-42-44(31-37)39-17-7-8-19-41(39)49-43-20-10-12-22-47(43)54-50(42)49)35-23-25-36(26-24-35)52(34-15-5-2-6-16-34)38-28-30-48-45(32-38)40-18-9-11-21-46(40)53-48/h1-32H. The molecule has 0 aliphatic carbocycles. The molecule has 0 spiro atoms. The van der Waals surface area contributed by atoms with Crippen molar-refractivity contribution < 1.29 is 0 Å². The number of benzene rings is 9. The van der Waals surface area contributed by atoms with Crippen LogP contribution in [0.4, 0.5) is 34.1 Å². The first-order chi connectivity index (χ1) is 26.8. The minimum atomic E-state index is 1.10. The Hall–Kier alpha value is -6.46. The third kappa shape index (κ3) is 4.99. The predicted octanol–water partition coefficient (Wildman–Crippen LogP) is 15.7. The molecule has 2 aromatic heterocycles. The molecule has 4 heteroatoms. The van der Waals surface area contributed by atoms with Gasteiger partial charge in [-0.2, -0.15) is 0 Å². The van der Waals surface area contributed by atoms with E-state index in [-0.39, 0.29) is 0 Å². The molecule has 0 fully saturated rings. The molecule has 0 unspecified atom stereocenters. The summed E-state index contributed by atoms with van der Waals surface area (Å²) in [4.78, 5) is 4.74. The van der Waals surface area contributed by atoms with Crippen molar-refractivity contribution in [3.05, 3.63) is 194 Å². The van der Waals surface area contributed by atoms with Gasteiger partial charge in [-0.05, 0) is 107 Å². The van der Waals surface area contributed by atoms with Crippen LogP contribution in [0, 0.1) is 0 Å². The molecule has 11 aromatic rings. The smallest absolute Gasteiger partial charge is 0.0468 e. The number of rotatable bonds is 6. The minimum absolute atomic E-state index is 1.10. The average Bonchev–Trinajstić information content (AvgIpc) is 3.82. The molecule has 0 amide bonds. The summed E-state index contributed by atoms with van der Waals surface area (Å²) < 4.78 is 5.30. The number of thiophene rings is 2. The highest BCUT2D eigenvalue weighted by Crippen LogP contribution is 2.47. The second kappa shape index (κ2) is 12.6. The number of anilines is 6. The summed E-state index contributed by atoms with van der Waals surface area (Å²) in [6, 6.07) is 70.7. The largest absolute Gasteiger partial charge is 0.310 e. The third-order valence-electron chi connectivity index (χ3n) is 10.6. The van der Waals surface area contributed by atoms with Crippen LogP contribution in [0.15, 0.2) is 194 Å². The van der Waals surface area contributed by atoms with E-state index in [4.69, 9.17) is 0 Å². The van der Waals surface area contributed by atoms with Gasteiger partial charge < -0.3 is 9.80 Å². The van der Waals surface area contributed by atoms with Crippen LogP contribution < -0.4 is 9.80 Å². The summed E-state index contributed by atoms with van der Waals surface area (Å²) in [6.07, 6.45) is 0. The highest BCUT2D eigenvalue weighted by Gasteiger charge is 2.19. The van der Waals surface area contributed by atoms with E-state index in [1.54, 1.807) is 0 Å². The highest BCUT2D eigenvalue weighted by atomic mass is 32.1. The Bertz CT molecular complexity index is 3160. The summed E-state index contributed by atoms with van der Waals surface area (Å²) in [5.41, 5.74) is 6.71. The van der Waals surface area contributed by atoms with Gasteiger partial charge in [0.2, 0.25) is 0 Å². The quantitative estimate of drug-likeness (QED) is 0.158. The summed E-state index contributed by atoms with van der Waals surface area (Å²) >= 11 is 3.75. The maximum atomic E-state index is 2.39. The van der Waals surface area contributed by atoms with Gasteiger partial charge >= 0.3 is 0 Å². The Kier molecular flexibility index (Phi) is 7.25. The van der Waals surface area contributed by atoms with Gasteiger partial charge in [0, 0.05) is 79.9 Å². The van der Waals surface area contributed by atoms with Crippen LogP contribution in [-0.2, 0) is 0 Å². The van der Waals surface area contributed by atoms with Crippen molar-refractivity contribution in [1.82, 2.24) is 0 Å². The van der Waals surface area contributed by atoms with Crippen LogP contribution in [0.5, 0.6) is 0 Å². The average molecular weight is 725 g/mol. The van der Waals surface area contributed by atoms with Gasteiger partial charge in [-0.15, -0.1) is 22.7 Å². The van der Waals surface area contributed by atoms with Gasteiger partial charge in [0.1, 0.15) is 0 Å². The van der Waals surface area contributed by atoms with Crippen molar-refractivity contribution in [2.24, 2.45) is 0 Å². The van der Waals surface area contributed by atoms with Gasteiger partial charge in [-0.25, -0.2) is 0 Å². The van der Waals surface area contributed by atoms with Crippen LogP contribution in [0.2, 0.25) is 0 Å². The molecule has 2 heterocycles. The molecule has 0 saturated heterocycles. The zero-order chi connectivity index (χ0) is 35.6. The zero-order valence-electron chi connectivity index (χ0n) is 29.2. The van der Waals surface area contributed by atoms with Crippen molar-refractivity contribution in [2.75, 3.05) is 9.80 Å². The number of para-hydroxylation sites is 2. The van der Waals surface area contributed by atoms with Crippen molar-refractivity contribution in [3.8, 4) is 0 Å². The summed E-state index contributed by atoms with van der Waals surface area (Å²) in [7, 11) is 0. The van der Waals surface area contributed by atoms with Crippen LogP contribution in [0.1, 0.15) is 0 Å². The Morgan fingerprint density at radius 1 is 0.259 bits per heavy atom. The first-order valence-electron chi connectivity index (χ1n) is 18.3. The molecule has 254 valence electrons. The molecule has 0 atom stereocenters. The molecule has 0 aliphatic rings. The van der Waals surface area contributed by atoms with Crippen molar-refractivity contribution in [3.63, 3.8) is 0 Å². The fourth-order valence-electron chi connectivity index (χ4n) is 8.18. The van der Waals surface area contributed by atoms with Gasteiger partial charge in [-0.1, -0.05) is 103 Å². The van der Waals surface area contributed by atoms with Crippen molar-refractivity contribution >= 4 is 119 Å². The van der Waals surface area contributed by atoms with Gasteiger partial charge in [0.05, 0.1) is 0 Å². The minimum Gasteiger partial charge on any atom is -0.310 e. The van der Waals surface area contributed by atoms with E-state index >= 15 is 0 Å². The third-order valence-corrected chi connectivity index (χ3v) is 13.0. The Balaban J connectivity index is 1.06. The first-order valence-corrected chi connectivity index (χ1v) is 19.9. The Morgan fingerprint density at radius 2 is 0.704 bits per heavy atom. The van der Waals surface area contributed by atoms with Gasteiger partial charge in [0.15, 0.2) is 0 Å². The van der Waals surface area contributed by atoms with Gasteiger partial charge in [-0.3, -0.25) is 0 Å². The number of fused-ring (bicyclic) bond motifs is 11. The molecule has 0 bridgehead atoms. The van der Waals surface area contributed by atoms with E-state index in [1.165, 1.54) is 61.9 Å². The van der Waals surface area contributed by atoms with Gasteiger partial charge in [0.25, 0.3) is 0 Å². The second-order valence-electron chi connectivity index (χ2n) is 13.7. The second-order valence-corrected chi connectivity index (χ2v) is 15.9. The van der Waals surface area contributed by atoms with E-state index in [0.717, 1.165) is 34.1 Å². The number of hydrogen-bond acceptors (Lipinski definition) is 4. The van der Waals surface area contributed by atoms with Crippen LogP contribution in [-0.4, -0.2) is 0 Å². The van der Waals surface area contributed by atoms with E-state index in [2.05, 4.69) is 204 Å². The molecule has 11 rings (SSSR count). The normalized spacial score (nSPS) is 11.7. The van der Waals surface area contributed by atoms with E-state index in [0.29, 0.717) is 0 Å². The molecule has 54 heavy (non-hydrogen) atoms. The maximum Gasteiger partial charge on any atom is 0.0468 e. The number of hydrogen-bond donors (Lipinski definition) is 0. The lowest BCUT2D eigenvalue weighted by Gasteiger charge is -2.28. The van der Waals surface area contributed by atoms with Crippen LogP contribution >= 0.6 is 22.7 Å². The zero-order valence-corrected chi connectivity index (χ0v) is 30.8. The Labute approximate surface area is 321 Å². The maximum absolute atomic E-state index is 2.39. The Morgan fingerprint density at radius 3 is 1.35 bits per heavy atom. The van der Waals surface area contributed by atoms with E-state index in [1.807, 2.05) is 22.7 Å². The van der Waals surface area contributed by atoms with Crippen molar-refractivity contribution in [2.45, 2.75) is 0 Å².